The van der Waals surface area contributed by atoms with Crippen LogP contribution in [0.25, 0.3) is 11.1 Å². The molecule has 1 saturated heterocycles. The van der Waals surface area contributed by atoms with Gasteiger partial charge in [-0.1, -0.05) is 94.8 Å². The lowest BCUT2D eigenvalue weighted by molar-refractivity contribution is 0.179. The van der Waals surface area contributed by atoms with Crippen LogP contribution >= 0.6 is 11.6 Å². The van der Waals surface area contributed by atoms with Crippen LogP contribution in [0.2, 0.25) is 23.2 Å². The number of carbonyl (C=O) groups is 1. The number of likely N-dealkylation sites (tertiary alicyclic amines) is 1. The average Bonchev–Trinajstić information content (AvgIpc) is 3.12. The maximum atomic E-state index is 12.6. The van der Waals surface area contributed by atoms with E-state index in [-0.39, 0.29) is 39.4 Å². The van der Waals surface area contributed by atoms with Crippen molar-refractivity contribution in [1.82, 2.24) is 10.2 Å². The van der Waals surface area contributed by atoms with Crippen LogP contribution in [0.1, 0.15) is 90.2 Å². The number of rotatable bonds is 20. The van der Waals surface area contributed by atoms with Crippen molar-refractivity contribution in [2.45, 2.75) is 109 Å². The summed E-state index contributed by atoms with van der Waals surface area (Å²) < 4.78 is 33.0. The fraction of sp³-hybridized carbons (Fsp3) is 0.548. The van der Waals surface area contributed by atoms with Gasteiger partial charge in [0.05, 0.1) is 28.8 Å². The van der Waals surface area contributed by atoms with E-state index in [0.29, 0.717) is 12.2 Å². The van der Waals surface area contributed by atoms with Crippen molar-refractivity contribution >= 4 is 47.4 Å². The Bertz CT molecular complexity index is 1850. The van der Waals surface area contributed by atoms with Crippen molar-refractivity contribution in [1.29, 1.82) is 0 Å². The molecule has 1 heterocycles. The Morgan fingerprint density at radius 2 is 1.57 bits per heavy atom. The molecular weight excluding hydrogens is 768 g/mol. The van der Waals surface area contributed by atoms with Crippen LogP contribution in [-0.4, -0.2) is 88.1 Å². The minimum Gasteiger partial charge on any atom is -0.506 e. The molecule has 0 saturated carbocycles. The van der Waals surface area contributed by atoms with Gasteiger partial charge in [0.25, 0.3) is 0 Å². The number of hydrogen-bond donors (Lipinski definition) is 5. The number of phenols is 2. The lowest BCUT2D eigenvalue weighted by Gasteiger charge is -2.39. The summed E-state index contributed by atoms with van der Waals surface area (Å²) in [6.07, 6.45) is 9.42. The number of halogens is 1. The van der Waals surface area contributed by atoms with Gasteiger partial charge in [0, 0.05) is 31.2 Å². The number of anilines is 2. The average molecular weight is 832 g/mol. The zero-order valence-electron chi connectivity index (χ0n) is 34.0. The van der Waals surface area contributed by atoms with Gasteiger partial charge < -0.3 is 30.0 Å². The molecule has 1 aliphatic rings. The molecule has 1 atom stereocenters. The highest BCUT2D eigenvalue weighted by atomic mass is 35.5. The standard InChI is InChI=1S/C42H63ClN4O7SSi/c1-42(2,3)56(5,6)54-40(32-19-21-39(49)36(29-32)45-55(4,52)53)30-44-24-14-10-8-7-9-11-15-25-46-26-22-33(23-27-46)47(41(50)51)37-17-13-12-16-34(37)31-18-20-38(48)35(43)28-31/h12-13,16-21,28-29,33,40,44-45,48-49H,7-11,14-15,22-27,30H2,1-6H3,(H,50,51)/t40-/m1/s1. The molecule has 1 aliphatic heterocycles. The molecule has 310 valence electrons. The van der Waals surface area contributed by atoms with E-state index in [2.05, 4.69) is 48.8 Å². The number of carboxylic acid groups (broad SMARTS) is 1. The zero-order valence-corrected chi connectivity index (χ0v) is 36.6. The van der Waals surface area contributed by atoms with Crippen LogP contribution < -0.4 is 14.9 Å². The molecule has 56 heavy (non-hydrogen) atoms. The molecule has 11 nitrogen and oxygen atoms in total. The summed E-state index contributed by atoms with van der Waals surface area (Å²) in [5.74, 6) is -0.133. The SMILES string of the molecule is CC(C)(C)[Si](C)(C)O[C@H](CNCCCCCCCCCN1CCC(N(C(=O)O)c2ccccc2-c2ccc(O)c(Cl)c2)CC1)c1ccc(O)c(NS(C)(=O)=O)c1. The van der Waals surface area contributed by atoms with E-state index < -0.39 is 24.4 Å². The van der Waals surface area contributed by atoms with Crippen LogP contribution in [-0.2, 0) is 14.4 Å². The number of sulfonamides is 1. The molecule has 0 unspecified atom stereocenters. The Morgan fingerprint density at radius 3 is 2.20 bits per heavy atom. The summed E-state index contributed by atoms with van der Waals surface area (Å²) in [6.45, 7) is 15.2. The fourth-order valence-electron chi connectivity index (χ4n) is 6.96. The quantitative estimate of drug-likeness (QED) is 0.0426. The maximum Gasteiger partial charge on any atom is 0.412 e. The number of para-hydroxylation sites is 1. The van der Waals surface area contributed by atoms with Crippen molar-refractivity contribution in [2.75, 3.05) is 48.6 Å². The first-order valence-corrected chi connectivity index (χ1v) is 25.1. The molecule has 0 spiro atoms. The molecule has 1 fully saturated rings. The summed E-state index contributed by atoms with van der Waals surface area (Å²) in [6, 6.07) is 17.3. The summed E-state index contributed by atoms with van der Waals surface area (Å²) in [4.78, 5) is 16.5. The van der Waals surface area contributed by atoms with Crippen LogP contribution in [0.4, 0.5) is 16.2 Å². The van der Waals surface area contributed by atoms with Gasteiger partial charge in [-0.25, -0.2) is 13.2 Å². The van der Waals surface area contributed by atoms with Gasteiger partial charge in [0.2, 0.25) is 10.0 Å². The number of amides is 1. The number of unbranched alkanes of at least 4 members (excludes halogenated alkanes) is 6. The minimum atomic E-state index is -3.55. The number of nitrogens with one attached hydrogen (secondary N) is 2. The van der Waals surface area contributed by atoms with Crippen LogP contribution in [0.15, 0.2) is 60.7 Å². The predicted molar refractivity (Wildman–Crippen MR) is 231 cm³/mol. The lowest BCUT2D eigenvalue weighted by atomic mass is 9.98. The van der Waals surface area contributed by atoms with Gasteiger partial charge >= 0.3 is 6.09 Å². The number of piperidine rings is 1. The molecule has 4 rings (SSSR count). The first-order valence-electron chi connectivity index (χ1n) is 19.9. The Hall–Kier alpha value is -3.33. The van der Waals surface area contributed by atoms with Gasteiger partial charge in [-0.3, -0.25) is 9.62 Å². The van der Waals surface area contributed by atoms with Crippen molar-refractivity contribution in [3.05, 3.63) is 71.2 Å². The Morgan fingerprint density at radius 1 is 0.946 bits per heavy atom. The van der Waals surface area contributed by atoms with E-state index in [1.54, 1.807) is 24.3 Å². The number of phenolic OH excluding ortho intramolecular Hbond substituents is 2. The van der Waals surface area contributed by atoms with Crippen molar-refractivity contribution in [2.24, 2.45) is 0 Å². The Labute approximate surface area is 340 Å². The number of hydrogen-bond acceptors (Lipinski definition) is 8. The molecule has 0 radical (unpaired) electrons. The zero-order chi connectivity index (χ0) is 41.1. The number of nitrogens with zero attached hydrogens (tertiary/aromatic N) is 2. The molecule has 0 bridgehead atoms. The van der Waals surface area contributed by atoms with Gasteiger partial charge in [-0.15, -0.1) is 0 Å². The molecule has 3 aromatic rings. The second-order valence-corrected chi connectivity index (χ2v) is 23.5. The maximum absolute atomic E-state index is 12.6. The van der Waals surface area contributed by atoms with E-state index >= 15 is 0 Å². The van der Waals surface area contributed by atoms with E-state index in [4.69, 9.17) is 16.0 Å². The van der Waals surface area contributed by atoms with Gasteiger partial charge in [-0.2, -0.15) is 0 Å². The van der Waals surface area contributed by atoms with E-state index in [0.717, 1.165) is 81.2 Å². The van der Waals surface area contributed by atoms with Crippen LogP contribution in [0.3, 0.4) is 0 Å². The minimum absolute atomic E-state index is 0.00275. The smallest absolute Gasteiger partial charge is 0.412 e. The number of benzene rings is 3. The van der Waals surface area contributed by atoms with Crippen LogP contribution in [0, 0.1) is 0 Å². The van der Waals surface area contributed by atoms with E-state index in [1.165, 1.54) is 42.7 Å². The Kier molecular flexibility index (Phi) is 16.5. The van der Waals surface area contributed by atoms with E-state index in [9.17, 15) is 28.5 Å². The predicted octanol–water partition coefficient (Wildman–Crippen LogP) is 9.82. The van der Waals surface area contributed by atoms with Crippen LogP contribution in [0.5, 0.6) is 11.5 Å². The molecule has 3 aromatic carbocycles. The van der Waals surface area contributed by atoms with Gasteiger partial charge in [0.1, 0.15) is 11.5 Å². The van der Waals surface area contributed by atoms with Gasteiger partial charge in [-0.05, 0) is 98.4 Å². The largest absolute Gasteiger partial charge is 0.506 e. The second kappa shape index (κ2) is 20.4. The third kappa shape index (κ3) is 13.4. The molecule has 5 N–H and O–H groups in total. The summed E-state index contributed by atoms with van der Waals surface area (Å²) in [5.41, 5.74) is 3.12. The van der Waals surface area contributed by atoms with Crippen molar-refractivity contribution in [3.63, 3.8) is 0 Å². The third-order valence-corrected chi connectivity index (χ3v) is 16.5. The van der Waals surface area contributed by atoms with Gasteiger partial charge in [0.15, 0.2) is 8.32 Å². The highest BCUT2D eigenvalue weighted by molar-refractivity contribution is 7.92. The fourth-order valence-corrected chi connectivity index (χ4v) is 8.98. The Balaban J connectivity index is 1.15. The van der Waals surface area contributed by atoms with E-state index in [1.807, 2.05) is 24.3 Å². The lowest BCUT2D eigenvalue weighted by Crippen LogP contribution is -2.47. The summed E-state index contributed by atoms with van der Waals surface area (Å²) >= 11 is 6.18. The molecule has 14 heteroatoms. The molecule has 1 amide bonds. The van der Waals surface area contributed by atoms with Crippen molar-refractivity contribution in [3.8, 4) is 22.6 Å². The third-order valence-electron chi connectivity index (χ3n) is 11.1. The molecule has 0 aliphatic carbocycles. The summed E-state index contributed by atoms with van der Waals surface area (Å²) in [7, 11) is -5.71. The normalized spacial score (nSPS) is 15.1. The first-order chi connectivity index (χ1) is 26.4. The molecular formula is C42H63ClN4O7SSi. The van der Waals surface area contributed by atoms with Crippen molar-refractivity contribution < 1.29 is 33.0 Å². The summed E-state index contributed by atoms with van der Waals surface area (Å²) in [5, 5.41) is 34.3. The number of aromatic hydroxyl groups is 2. The highest BCUT2D eigenvalue weighted by Crippen LogP contribution is 2.41. The second-order valence-electron chi connectivity index (χ2n) is 16.6. The first kappa shape index (κ1) is 45.4. The highest BCUT2D eigenvalue weighted by Gasteiger charge is 2.39. The topological polar surface area (TPSA) is 152 Å². The monoisotopic (exact) mass is 830 g/mol. The molecule has 0 aromatic heterocycles.